The van der Waals surface area contributed by atoms with Crippen molar-refractivity contribution in [1.29, 1.82) is 0 Å². The Kier molecular flexibility index (Phi) is 5.56. The second kappa shape index (κ2) is 6.53. The van der Waals surface area contributed by atoms with E-state index >= 15 is 0 Å². The number of para-hydroxylation sites is 1. The number of anilines is 1. The number of ether oxygens (including phenoxy) is 1. The Morgan fingerprint density at radius 3 is 2.47 bits per heavy atom. The fraction of sp³-hybridized carbons (Fsp3) is 0.533. The van der Waals surface area contributed by atoms with E-state index in [9.17, 15) is 4.79 Å². The Hall–Kier alpha value is -0.870. The molecule has 1 aromatic rings. The highest BCUT2D eigenvalue weighted by molar-refractivity contribution is 9.09. The van der Waals surface area contributed by atoms with E-state index in [4.69, 9.17) is 4.74 Å². The largest absolute Gasteiger partial charge is 0.364 e. The Labute approximate surface area is 124 Å². The van der Waals surface area contributed by atoms with Crippen LogP contribution in [0.4, 0.5) is 5.69 Å². The highest BCUT2D eigenvalue weighted by atomic mass is 79.9. The summed E-state index contributed by atoms with van der Waals surface area (Å²) in [4.78, 5) is 13.8. The predicted octanol–water partition coefficient (Wildman–Crippen LogP) is 3.62. The number of alkyl halides is 1. The van der Waals surface area contributed by atoms with Crippen LogP contribution in [0.5, 0.6) is 0 Å². The molecule has 0 spiro atoms. The standard InChI is InChI=1S/C15H22BrNO2/c1-11-7-6-8-12(15(2,3)4)14(11)17(10-19-5)13(18)9-16/h6-8H,9-10H2,1-5H3. The molecule has 0 aromatic heterocycles. The molecule has 0 saturated carbocycles. The second-order valence-electron chi connectivity index (χ2n) is 5.59. The molecule has 0 saturated heterocycles. The zero-order valence-electron chi connectivity index (χ0n) is 12.3. The van der Waals surface area contributed by atoms with Gasteiger partial charge in [0.05, 0.1) is 11.0 Å². The van der Waals surface area contributed by atoms with Crippen LogP contribution in [0.25, 0.3) is 0 Å². The Morgan fingerprint density at radius 1 is 1.37 bits per heavy atom. The fourth-order valence-corrected chi connectivity index (χ4v) is 2.39. The minimum Gasteiger partial charge on any atom is -0.364 e. The molecule has 0 aliphatic carbocycles. The Bertz CT molecular complexity index is 452. The maximum atomic E-state index is 12.1. The third kappa shape index (κ3) is 3.80. The van der Waals surface area contributed by atoms with Crippen molar-refractivity contribution >= 4 is 27.5 Å². The van der Waals surface area contributed by atoms with Crippen LogP contribution in [-0.4, -0.2) is 25.1 Å². The van der Waals surface area contributed by atoms with E-state index in [1.54, 1.807) is 12.0 Å². The van der Waals surface area contributed by atoms with E-state index in [2.05, 4.69) is 42.8 Å². The lowest BCUT2D eigenvalue weighted by molar-refractivity contribution is -0.117. The summed E-state index contributed by atoms with van der Waals surface area (Å²) in [5, 5.41) is 0.286. The summed E-state index contributed by atoms with van der Waals surface area (Å²) in [5.41, 5.74) is 3.17. The quantitative estimate of drug-likeness (QED) is 0.624. The van der Waals surface area contributed by atoms with Gasteiger partial charge in [-0.3, -0.25) is 9.69 Å². The molecule has 0 atom stereocenters. The summed E-state index contributed by atoms with van der Waals surface area (Å²) in [5.74, 6) is 0.00153. The van der Waals surface area contributed by atoms with Gasteiger partial charge in [0.25, 0.3) is 0 Å². The first kappa shape index (κ1) is 16.2. The number of amides is 1. The molecule has 0 fully saturated rings. The normalized spacial score (nSPS) is 11.5. The zero-order chi connectivity index (χ0) is 14.6. The van der Waals surface area contributed by atoms with Crippen molar-refractivity contribution in [3.8, 4) is 0 Å². The molecule has 1 amide bonds. The number of halogens is 1. The van der Waals surface area contributed by atoms with Gasteiger partial charge in [-0.2, -0.15) is 0 Å². The lowest BCUT2D eigenvalue weighted by Crippen LogP contribution is -2.36. The second-order valence-corrected chi connectivity index (χ2v) is 6.15. The van der Waals surface area contributed by atoms with Crippen LogP contribution in [-0.2, 0) is 14.9 Å². The van der Waals surface area contributed by atoms with E-state index in [1.807, 2.05) is 19.1 Å². The maximum absolute atomic E-state index is 12.1. The van der Waals surface area contributed by atoms with Crippen molar-refractivity contribution in [2.75, 3.05) is 24.1 Å². The van der Waals surface area contributed by atoms with Crippen LogP contribution >= 0.6 is 15.9 Å². The SMILES string of the molecule is COCN(C(=O)CBr)c1c(C)cccc1C(C)(C)C. The number of carbonyl (C=O) groups is 1. The van der Waals surface area contributed by atoms with Crippen LogP contribution in [0.15, 0.2) is 18.2 Å². The van der Waals surface area contributed by atoms with Gasteiger partial charge in [0.15, 0.2) is 0 Å². The first-order valence-electron chi connectivity index (χ1n) is 6.28. The number of methoxy groups -OCH3 is 1. The van der Waals surface area contributed by atoms with E-state index in [0.717, 1.165) is 16.8 Å². The topological polar surface area (TPSA) is 29.5 Å². The Balaban J connectivity index is 3.40. The van der Waals surface area contributed by atoms with Gasteiger partial charge >= 0.3 is 0 Å². The number of rotatable bonds is 4. The first-order valence-corrected chi connectivity index (χ1v) is 7.40. The molecule has 1 rings (SSSR count). The summed E-state index contributed by atoms with van der Waals surface area (Å²) in [6, 6.07) is 6.13. The van der Waals surface area contributed by atoms with E-state index in [1.165, 1.54) is 0 Å². The van der Waals surface area contributed by atoms with Crippen LogP contribution in [0, 0.1) is 6.92 Å². The van der Waals surface area contributed by atoms with E-state index in [0.29, 0.717) is 0 Å². The molecule has 0 aliphatic heterocycles. The van der Waals surface area contributed by atoms with Gasteiger partial charge in [-0.15, -0.1) is 0 Å². The first-order chi connectivity index (χ1) is 8.82. The molecular formula is C15H22BrNO2. The summed E-state index contributed by atoms with van der Waals surface area (Å²) >= 11 is 3.24. The van der Waals surface area contributed by atoms with Crippen molar-refractivity contribution in [2.45, 2.75) is 33.1 Å². The van der Waals surface area contributed by atoms with Gasteiger partial charge in [-0.1, -0.05) is 54.9 Å². The highest BCUT2D eigenvalue weighted by Crippen LogP contribution is 2.34. The lowest BCUT2D eigenvalue weighted by Gasteiger charge is -2.31. The average Bonchev–Trinajstić information content (AvgIpc) is 2.34. The molecule has 106 valence electrons. The zero-order valence-corrected chi connectivity index (χ0v) is 13.9. The van der Waals surface area contributed by atoms with Gasteiger partial charge in [0.1, 0.15) is 6.73 Å². The van der Waals surface area contributed by atoms with Crippen molar-refractivity contribution in [2.24, 2.45) is 0 Å². The van der Waals surface area contributed by atoms with Crippen LogP contribution in [0.3, 0.4) is 0 Å². The van der Waals surface area contributed by atoms with Crippen LogP contribution < -0.4 is 4.90 Å². The molecule has 4 heteroatoms. The van der Waals surface area contributed by atoms with Gasteiger partial charge in [-0.05, 0) is 23.5 Å². The number of nitrogens with zero attached hydrogens (tertiary/aromatic N) is 1. The fourth-order valence-electron chi connectivity index (χ4n) is 2.08. The van der Waals surface area contributed by atoms with Crippen LogP contribution in [0.2, 0.25) is 0 Å². The lowest BCUT2D eigenvalue weighted by atomic mass is 9.84. The minimum atomic E-state index is -0.0278. The van der Waals surface area contributed by atoms with Gasteiger partial charge < -0.3 is 4.74 Å². The van der Waals surface area contributed by atoms with E-state index in [-0.39, 0.29) is 23.4 Å². The van der Waals surface area contributed by atoms with Crippen molar-refractivity contribution in [3.05, 3.63) is 29.3 Å². The third-order valence-electron chi connectivity index (χ3n) is 2.99. The average molecular weight is 328 g/mol. The third-order valence-corrected chi connectivity index (χ3v) is 3.47. The summed E-state index contributed by atoms with van der Waals surface area (Å²) < 4.78 is 5.19. The van der Waals surface area contributed by atoms with E-state index < -0.39 is 0 Å². The molecule has 0 heterocycles. The number of benzene rings is 1. The maximum Gasteiger partial charge on any atom is 0.239 e. The molecule has 0 unspecified atom stereocenters. The summed E-state index contributed by atoms with van der Waals surface area (Å²) in [7, 11) is 1.60. The molecule has 0 N–H and O–H groups in total. The van der Waals surface area contributed by atoms with Gasteiger partial charge in [-0.25, -0.2) is 0 Å². The molecule has 1 aromatic carbocycles. The number of hydrogen-bond acceptors (Lipinski definition) is 2. The monoisotopic (exact) mass is 327 g/mol. The minimum absolute atomic E-state index is 0.00153. The van der Waals surface area contributed by atoms with Crippen molar-refractivity contribution in [3.63, 3.8) is 0 Å². The summed E-state index contributed by atoms with van der Waals surface area (Å²) in [6.45, 7) is 8.73. The number of hydrogen-bond donors (Lipinski definition) is 0. The predicted molar refractivity (Wildman–Crippen MR) is 83.0 cm³/mol. The number of carbonyl (C=O) groups excluding carboxylic acids is 1. The Morgan fingerprint density at radius 2 is 2.00 bits per heavy atom. The van der Waals surface area contributed by atoms with Crippen molar-refractivity contribution in [1.82, 2.24) is 0 Å². The molecule has 3 nitrogen and oxygen atoms in total. The van der Waals surface area contributed by atoms with Gasteiger partial charge in [0.2, 0.25) is 5.91 Å². The highest BCUT2D eigenvalue weighted by Gasteiger charge is 2.25. The van der Waals surface area contributed by atoms with Gasteiger partial charge in [0, 0.05) is 7.11 Å². The molecule has 0 bridgehead atoms. The molecule has 0 radical (unpaired) electrons. The smallest absolute Gasteiger partial charge is 0.239 e. The number of aryl methyl sites for hydroxylation is 1. The molecule has 19 heavy (non-hydrogen) atoms. The molecular weight excluding hydrogens is 306 g/mol. The van der Waals surface area contributed by atoms with Crippen LogP contribution in [0.1, 0.15) is 31.9 Å². The molecule has 0 aliphatic rings. The van der Waals surface area contributed by atoms with Crippen molar-refractivity contribution < 1.29 is 9.53 Å². The summed E-state index contributed by atoms with van der Waals surface area (Å²) in [6.07, 6.45) is 0.